The van der Waals surface area contributed by atoms with Gasteiger partial charge in [0.2, 0.25) is 0 Å². The molecule has 3 rings (SSSR count). The van der Waals surface area contributed by atoms with Crippen LogP contribution in [-0.4, -0.2) is 61.6 Å². The summed E-state index contributed by atoms with van der Waals surface area (Å²) in [5.74, 6) is 1.68. The number of nitrogens with one attached hydrogen (secondary N) is 1. The molecule has 2 unspecified atom stereocenters. The standard InChI is InChI=1S/C19H30N4.HI/c1-15(22(3)18-9-10-18)13-21-19(20-2)23-12-11-17(14-23)16-7-5-4-6-8-16;/h4-8,15,17-18H,9-14H2,1-3H3,(H,20,21);1H. The van der Waals surface area contributed by atoms with Crippen molar-refractivity contribution < 1.29 is 0 Å². The maximum Gasteiger partial charge on any atom is 0.193 e. The van der Waals surface area contributed by atoms with Gasteiger partial charge in [0.1, 0.15) is 0 Å². The Kier molecular flexibility index (Phi) is 7.34. The van der Waals surface area contributed by atoms with Crippen molar-refractivity contribution in [3.05, 3.63) is 35.9 Å². The highest BCUT2D eigenvalue weighted by molar-refractivity contribution is 14.0. The molecule has 0 spiro atoms. The number of benzene rings is 1. The van der Waals surface area contributed by atoms with Crippen LogP contribution in [0.5, 0.6) is 0 Å². The van der Waals surface area contributed by atoms with E-state index in [-0.39, 0.29) is 24.0 Å². The summed E-state index contributed by atoms with van der Waals surface area (Å²) in [6.07, 6.45) is 3.93. The molecule has 4 nitrogen and oxygen atoms in total. The molecule has 2 atom stereocenters. The van der Waals surface area contributed by atoms with Crippen molar-refractivity contribution in [1.29, 1.82) is 0 Å². The van der Waals surface area contributed by atoms with E-state index in [1.165, 1.54) is 24.8 Å². The summed E-state index contributed by atoms with van der Waals surface area (Å²) in [6.45, 7) is 5.42. The second-order valence-electron chi connectivity index (χ2n) is 7.02. The molecule has 1 aromatic rings. The van der Waals surface area contributed by atoms with Gasteiger partial charge in [0.05, 0.1) is 0 Å². The Labute approximate surface area is 163 Å². The van der Waals surface area contributed by atoms with Crippen LogP contribution in [0.25, 0.3) is 0 Å². The van der Waals surface area contributed by atoms with E-state index in [9.17, 15) is 0 Å². The fourth-order valence-electron chi connectivity index (χ4n) is 3.51. The Bertz CT molecular complexity index is 529. The zero-order valence-electron chi connectivity index (χ0n) is 15.1. The molecule has 24 heavy (non-hydrogen) atoms. The highest BCUT2D eigenvalue weighted by Crippen LogP contribution is 2.28. The number of nitrogens with zero attached hydrogens (tertiary/aromatic N) is 3. The lowest BCUT2D eigenvalue weighted by Gasteiger charge is -2.28. The number of rotatable bonds is 5. The molecule has 1 saturated carbocycles. The quantitative estimate of drug-likeness (QED) is 0.432. The first kappa shape index (κ1) is 19.5. The Morgan fingerprint density at radius 3 is 2.62 bits per heavy atom. The van der Waals surface area contributed by atoms with Gasteiger partial charge in [-0.1, -0.05) is 30.3 Å². The highest BCUT2D eigenvalue weighted by Gasteiger charge is 2.30. The van der Waals surface area contributed by atoms with Gasteiger partial charge >= 0.3 is 0 Å². The summed E-state index contributed by atoms with van der Waals surface area (Å²) in [5, 5.41) is 3.58. The fourth-order valence-corrected chi connectivity index (χ4v) is 3.51. The zero-order chi connectivity index (χ0) is 16.2. The van der Waals surface area contributed by atoms with Crippen molar-refractivity contribution in [2.75, 3.05) is 33.7 Å². The molecule has 0 radical (unpaired) electrons. The van der Waals surface area contributed by atoms with E-state index in [1.807, 2.05) is 7.05 Å². The van der Waals surface area contributed by atoms with Crippen LogP contribution in [0.15, 0.2) is 35.3 Å². The Balaban J connectivity index is 0.00000208. The summed E-state index contributed by atoms with van der Waals surface area (Å²) < 4.78 is 0. The molecule has 0 aromatic heterocycles. The number of likely N-dealkylation sites (N-methyl/N-ethyl adjacent to an activating group) is 1. The van der Waals surface area contributed by atoms with Crippen LogP contribution >= 0.6 is 24.0 Å². The molecule has 0 amide bonds. The zero-order valence-corrected chi connectivity index (χ0v) is 17.4. The third-order valence-electron chi connectivity index (χ3n) is 5.34. The van der Waals surface area contributed by atoms with Crippen molar-refractivity contribution in [3.63, 3.8) is 0 Å². The number of likely N-dealkylation sites (tertiary alicyclic amines) is 1. The second kappa shape index (κ2) is 9.04. The van der Waals surface area contributed by atoms with Gasteiger partial charge < -0.3 is 10.2 Å². The van der Waals surface area contributed by atoms with E-state index in [0.29, 0.717) is 12.0 Å². The van der Waals surface area contributed by atoms with Crippen molar-refractivity contribution >= 4 is 29.9 Å². The molecule has 1 aromatic carbocycles. The van der Waals surface area contributed by atoms with Crippen LogP contribution in [0.1, 0.15) is 37.7 Å². The van der Waals surface area contributed by atoms with E-state index in [4.69, 9.17) is 0 Å². The highest BCUT2D eigenvalue weighted by atomic mass is 127. The number of aliphatic imine (C=N–C) groups is 1. The van der Waals surface area contributed by atoms with Crippen molar-refractivity contribution in [1.82, 2.24) is 15.1 Å². The normalized spacial score (nSPS) is 22.4. The van der Waals surface area contributed by atoms with Gasteiger partial charge in [-0.2, -0.15) is 0 Å². The SMILES string of the molecule is CN=C(NCC(C)N(C)C1CC1)N1CCC(c2ccccc2)C1.I. The number of hydrogen-bond donors (Lipinski definition) is 1. The number of halogens is 1. The Morgan fingerprint density at radius 1 is 1.29 bits per heavy atom. The van der Waals surface area contributed by atoms with E-state index in [0.717, 1.165) is 31.6 Å². The smallest absolute Gasteiger partial charge is 0.193 e. The molecule has 1 aliphatic carbocycles. The first-order chi connectivity index (χ1) is 11.2. The van der Waals surface area contributed by atoms with Gasteiger partial charge in [-0.25, -0.2) is 0 Å². The monoisotopic (exact) mass is 442 g/mol. The van der Waals surface area contributed by atoms with Gasteiger partial charge in [0.25, 0.3) is 0 Å². The third kappa shape index (κ3) is 4.85. The molecule has 1 N–H and O–H groups in total. The maximum absolute atomic E-state index is 4.50. The fraction of sp³-hybridized carbons (Fsp3) is 0.632. The molecular formula is C19H31IN4. The van der Waals surface area contributed by atoms with Crippen LogP contribution in [0, 0.1) is 0 Å². The maximum atomic E-state index is 4.50. The van der Waals surface area contributed by atoms with Gasteiger partial charge in [-0.05, 0) is 38.8 Å². The van der Waals surface area contributed by atoms with Crippen LogP contribution in [-0.2, 0) is 0 Å². The largest absolute Gasteiger partial charge is 0.355 e. The minimum Gasteiger partial charge on any atom is -0.355 e. The summed E-state index contributed by atoms with van der Waals surface area (Å²) in [5.41, 5.74) is 1.45. The predicted molar refractivity (Wildman–Crippen MR) is 112 cm³/mol. The first-order valence-electron chi connectivity index (χ1n) is 8.91. The van der Waals surface area contributed by atoms with Gasteiger partial charge in [0, 0.05) is 44.7 Å². The average Bonchev–Trinajstić information content (AvgIpc) is 3.33. The number of hydrogen-bond acceptors (Lipinski definition) is 2. The molecule has 5 heteroatoms. The molecule has 2 fully saturated rings. The summed E-state index contributed by atoms with van der Waals surface area (Å²) in [7, 11) is 4.14. The lowest BCUT2D eigenvalue weighted by molar-refractivity contribution is 0.246. The van der Waals surface area contributed by atoms with E-state index >= 15 is 0 Å². The second-order valence-corrected chi connectivity index (χ2v) is 7.02. The number of guanidine groups is 1. The molecular weight excluding hydrogens is 411 g/mol. The molecule has 0 bridgehead atoms. The predicted octanol–water partition coefficient (Wildman–Crippen LogP) is 3.15. The van der Waals surface area contributed by atoms with E-state index < -0.39 is 0 Å². The lowest BCUT2D eigenvalue weighted by Crippen LogP contribution is -2.46. The van der Waals surface area contributed by atoms with Gasteiger partial charge in [-0.3, -0.25) is 9.89 Å². The van der Waals surface area contributed by atoms with Crippen molar-refractivity contribution in [3.8, 4) is 0 Å². The van der Waals surface area contributed by atoms with Crippen molar-refractivity contribution in [2.45, 2.75) is 44.2 Å². The lowest BCUT2D eigenvalue weighted by atomic mass is 9.99. The van der Waals surface area contributed by atoms with Crippen LogP contribution < -0.4 is 5.32 Å². The molecule has 1 heterocycles. The average molecular weight is 442 g/mol. The molecule has 2 aliphatic rings. The topological polar surface area (TPSA) is 30.9 Å². The van der Waals surface area contributed by atoms with E-state index in [2.05, 4.69) is 64.4 Å². The minimum absolute atomic E-state index is 0. The Hall–Kier alpha value is -0.820. The summed E-state index contributed by atoms with van der Waals surface area (Å²) in [6, 6.07) is 12.2. The first-order valence-corrected chi connectivity index (χ1v) is 8.91. The molecule has 1 aliphatic heterocycles. The minimum atomic E-state index is 0. The van der Waals surface area contributed by atoms with Gasteiger partial charge in [0.15, 0.2) is 5.96 Å². The summed E-state index contributed by atoms with van der Waals surface area (Å²) >= 11 is 0. The molecule has 134 valence electrons. The van der Waals surface area contributed by atoms with Gasteiger partial charge in [-0.15, -0.1) is 24.0 Å². The van der Waals surface area contributed by atoms with Crippen LogP contribution in [0.2, 0.25) is 0 Å². The molecule has 1 saturated heterocycles. The van der Waals surface area contributed by atoms with E-state index in [1.54, 1.807) is 0 Å². The van der Waals surface area contributed by atoms with Crippen LogP contribution in [0.3, 0.4) is 0 Å². The van der Waals surface area contributed by atoms with Crippen molar-refractivity contribution in [2.24, 2.45) is 4.99 Å². The third-order valence-corrected chi connectivity index (χ3v) is 5.34. The summed E-state index contributed by atoms with van der Waals surface area (Å²) in [4.78, 5) is 9.40. The Morgan fingerprint density at radius 2 is 2.00 bits per heavy atom. The van der Waals surface area contributed by atoms with Crippen LogP contribution in [0.4, 0.5) is 0 Å².